The fourth-order valence-electron chi connectivity index (χ4n) is 3.16. The van der Waals surface area contributed by atoms with Crippen LogP contribution in [0.5, 0.6) is 0 Å². The normalized spacial score (nSPS) is 24.2. The van der Waals surface area contributed by atoms with Gasteiger partial charge < -0.3 is 4.57 Å². The van der Waals surface area contributed by atoms with Crippen molar-refractivity contribution in [2.75, 3.05) is 5.75 Å². The molecular formula is C19H26N2S2. The van der Waals surface area contributed by atoms with E-state index in [1.807, 2.05) is 12.5 Å². The Bertz CT molecular complexity index is 594. The minimum atomic E-state index is 0.315. The molecule has 1 aromatic carbocycles. The molecule has 1 saturated heterocycles. The van der Waals surface area contributed by atoms with Crippen molar-refractivity contribution in [3.8, 4) is 0 Å². The Labute approximate surface area is 148 Å². The predicted molar refractivity (Wildman–Crippen MR) is 103 cm³/mol. The molecule has 0 aliphatic carbocycles. The van der Waals surface area contributed by atoms with Gasteiger partial charge in [-0.05, 0) is 30.4 Å². The maximum absolute atomic E-state index is 4.17. The number of hydrogen-bond acceptors (Lipinski definition) is 3. The Morgan fingerprint density at radius 3 is 2.65 bits per heavy atom. The molecule has 124 valence electrons. The Kier molecular flexibility index (Phi) is 5.76. The average molecular weight is 347 g/mol. The van der Waals surface area contributed by atoms with Crippen LogP contribution in [-0.4, -0.2) is 24.6 Å². The molecule has 0 amide bonds. The molecule has 4 heteroatoms. The Morgan fingerprint density at radius 1 is 1.26 bits per heavy atom. The van der Waals surface area contributed by atoms with Crippen LogP contribution in [0.3, 0.4) is 0 Å². The lowest BCUT2D eigenvalue weighted by atomic mass is 10.0. The van der Waals surface area contributed by atoms with Gasteiger partial charge in [-0.15, -0.1) is 23.5 Å². The summed E-state index contributed by atoms with van der Waals surface area (Å²) in [6, 6.07) is 9.31. The van der Waals surface area contributed by atoms with Gasteiger partial charge >= 0.3 is 0 Å². The van der Waals surface area contributed by atoms with Crippen molar-refractivity contribution in [2.45, 2.75) is 55.4 Å². The summed E-state index contributed by atoms with van der Waals surface area (Å²) in [6.45, 7) is 5.66. The van der Waals surface area contributed by atoms with Crippen molar-refractivity contribution in [2.24, 2.45) is 0 Å². The third-order valence-electron chi connectivity index (χ3n) is 4.34. The first-order valence-electron chi connectivity index (χ1n) is 8.54. The molecule has 23 heavy (non-hydrogen) atoms. The van der Waals surface area contributed by atoms with Gasteiger partial charge in [0.15, 0.2) is 0 Å². The molecule has 3 rings (SSSR count). The van der Waals surface area contributed by atoms with Crippen LogP contribution in [0.4, 0.5) is 0 Å². The quantitative estimate of drug-likeness (QED) is 0.700. The highest BCUT2D eigenvalue weighted by molar-refractivity contribution is 8.21. The number of hydrogen-bond donors (Lipinski definition) is 0. The van der Waals surface area contributed by atoms with Gasteiger partial charge in [0, 0.05) is 29.9 Å². The summed E-state index contributed by atoms with van der Waals surface area (Å²) < 4.78 is 2.52. The van der Waals surface area contributed by atoms with Crippen molar-refractivity contribution in [1.29, 1.82) is 0 Å². The maximum Gasteiger partial charge on any atom is 0.0945 e. The van der Waals surface area contributed by atoms with Crippen molar-refractivity contribution >= 4 is 23.5 Å². The second-order valence-corrected chi connectivity index (χ2v) is 9.93. The second-order valence-electron chi connectivity index (χ2n) is 6.44. The van der Waals surface area contributed by atoms with Gasteiger partial charge in [-0.2, -0.15) is 0 Å². The van der Waals surface area contributed by atoms with E-state index in [9.17, 15) is 0 Å². The van der Waals surface area contributed by atoms with Crippen LogP contribution < -0.4 is 0 Å². The first kappa shape index (κ1) is 17.0. The highest BCUT2D eigenvalue weighted by Crippen LogP contribution is 2.52. The van der Waals surface area contributed by atoms with Gasteiger partial charge in [0.05, 0.1) is 10.4 Å². The van der Waals surface area contributed by atoms with E-state index >= 15 is 0 Å². The highest BCUT2D eigenvalue weighted by atomic mass is 32.2. The summed E-state index contributed by atoms with van der Waals surface area (Å²) in [6.07, 6.45) is 10.6. The lowest BCUT2D eigenvalue weighted by molar-refractivity contribution is 0.597. The molecule has 2 heterocycles. The smallest absolute Gasteiger partial charge is 0.0945 e. The number of aryl methyl sites for hydroxylation is 2. The van der Waals surface area contributed by atoms with E-state index in [4.69, 9.17) is 0 Å². The van der Waals surface area contributed by atoms with E-state index in [1.165, 1.54) is 36.1 Å². The highest BCUT2D eigenvalue weighted by Gasteiger charge is 2.38. The topological polar surface area (TPSA) is 17.8 Å². The largest absolute Gasteiger partial charge is 0.337 e. The van der Waals surface area contributed by atoms with Crippen LogP contribution in [0.1, 0.15) is 37.8 Å². The number of aromatic nitrogens is 2. The maximum atomic E-state index is 4.17. The monoisotopic (exact) mass is 346 g/mol. The fourth-order valence-corrected chi connectivity index (χ4v) is 6.84. The summed E-state index contributed by atoms with van der Waals surface area (Å²) in [5, 5.41) is 0.752. The van der Waals surface area contributed by atoms with Gasteiger partial charge in [0.2, 0.25) is 0 Å². The minimum Gasteiger partial charge on any atom is -0.337 e. The first-order chi connectivity index (χ1) is 11.2. The van der Waals surface area contributed by atoms with E-state index in [0.717, 1.165) is 18.2 Å². The molecule has 2 atom stereocenters. The van der Waals surface area contributed by atoms with Crippen LogP contribution >= 0.6 is 23.5 Å². The minimum absolute atomic E-state index is 0.315. The lowest BCUT2D eigenvalue weighted by Crippen LogP contribution is -2.23. The third-order valence-corrected chi connectivity index (χ3v) is 8.08. The SMILES string of the molecule is CCCc1ccc(CC2(CCn3ccnc3)SCC(C)S2)cc1. The first-order valence-corrected chi connectivity index (χ1v) is 10.4. The molecule has 2 unspecified atom stereocenters. The van der Waals surface area contributed by atoms with Gasteiger partial charge in [0.25, 0.3) is 0 Å². The number of rotatable bonds is 7. The summed E-state index contributed by atoms with van der Waals surface area (Å²) in [7, 11) is 0. The van der Waals surface area contributed by atoms with Crippen molar-refractivity contribution < 1.29 is 0 Å². The Balaban J connectivity index is 1.68. The molecule has 1 aromatic heterocycles. The average Bonchev–Trinajstić information content (AvgIpc) is 3.18. The predicted octanol–water partition coefficient (Wildman–Crippen LogP) is 5.03. The fraction of sp³-hybridized carbons (Fsp3) is 0.526. The van der Waals surface area contributed by atoms with Gasteiger partial charge in [-0.1, -0.05) is 44.5 Å². The Hall–Kier alpha value is -0.870. The summed E-state index contributed by atoms with van der Waals surface area (Å²) in [5.41, 5.74) is 2.94. The zero-order chi connectivity index (χ0) is 16.1. The van der Waals surface area contributed by atoms with Crippen molar-refractivity contribution in [3.05, 3.63) is 54.1 Å². The van der Waals surface area contributed by atoms with Crippen LogP contribution in [0, 0.1) is 0 Å². The molecule has 0 N–H and O–H groups in total. The summed E-state index contributed by atoms with van der Waals surface area (Å²) >= 11 is 4.33. The summed E-state index contributed by atoms with van der Waals surface area (Å²) in [4.78, 5) is 4.17. The molecule has 0 radical (unpaired) electrons. The molecule has 0 spiro atoms. The molecule has 0 saturated carbocycles. The summed E-state index contributed by atoms with van der Waals surface area (Å²) in [5.74, 6) is 1.27. The van der Waals surface area contributed by atoms with Crippen LogP contribution in [0.15, 0.2) is 43.0 Å². The number of thioether (sulfide) groups is 2. The number of imidazole rings is 1. The van der Waals surface area contributed by atoms with Gasteiger partial charge in [0.1, 0.15) is 0 Å². The molecule has 1 aliphatic rings. The van der Waals surface area contributed by atoms with Crippen LogP contribution in [-0.2, 0) is 19.4 Å². The van der Waals surface area contributed by atoms with E-state index in [0.29, 0.717) is 4.08 Å². The third kappa shape index (κ3) is 4.57. The van der Waals surface area contributed by atoms with Gasteiger partial charge in [-0.3, -0.25) is 0 Å². The van der Waals surface area contributed by atoms with Gasteiger partial charge in [-0.25, -0.2) is 4.98 Å². The standard InChI is InChI=1S/C19H26N2S2/c1-3-4-17-5-7-18(8-6-17)13-19(22-14-16(2)23-19)9-11-21-12-10-20-15-21/h5-8,10,12,15-16H,3-4,9,11,13-14H2,1-2H3. The molecule has 0 bridgehead atoms. The van der Waals surface area contributed by atoms with Crippen molar-refractivity contribution in [1.82, 2.24) is 9.55 Å². The molecule has 1 fully saturated rings. The van der Waals surface area contributed by atoms with Crippen molar-refractivity contribution in [3.63, 3.8) is 0 Å². The molecule has 1 aliphatic heterocycles. The second kappa shape index (κ2) is 7.80. The zero-order valence-corrected chi connectivity index (χ0v) is 15.7. The van der Waals surface area contributed by atoms with Crippen LogP contribution in [0.2, 0.25) is 0 Å². The number of benzene rings is 1. The van der Waals surface area contributed by atoms with E-state index in [-0.39, 0.29) is 0 Å². The Morgan fingerprint density at radius 2 is 2.04 bits per heavy atom. The lowest BCUT2D eigenvalue weighted by Gasteiger charge is -2.28. The number of nitrogens with zero attached hydrogens (tertiary/aromatic N) is 2. The van der Waals surface area contributed by atoms with Crippen LogP contribution in [0.25, 0.3) is 0 Å². The molecular weight excluding hydrogens is 320 g/mol. The molecule has 2 aromatic rings. The van der Waals surface area contributed by atoms with E-state index in [1.54, 1.807) is 0 Å². The van der Waals surface area contributed by atoms with E-state index in [2.05, 4.69) is 77.4 Å². The molecule has 2 nitrogen and oxygen atoms in total. The zero-order valence-electron chi connectivity index (χ0n) is 14.1. The van der Waals surface area contributed by atoms with E-state index < -0.39 is 0 Å².